The van der Waals surface area contributed by atoms with Crippen molar-refractivity contribution >= 4 is 31.9 Å². The number of halogens is 1. The third-order valence-corrected chi connectivity index (χ3v) is 6.06. The Hall–Kier alpha value is -0.920. The van der Waals surface area contributed by atoms with E-state index in [-0.39, 0.29) is 16.8 Å². The van der Waals surface area contributed by atoms with E-state index in [0.29, 0.717) is 10.0 Å². The van der Waals surface area contributed by atoms with Crippen LogP contribution in [0.15, 0.2) is 27.6 Å². The van der Waals surface area contributed by atoms with Crippen molar-refractivity contribution in [1.29, 1.82) is 0 Å². The Labute approximate surface area is 140 Å². The average molecular weight is 389 g/mol. The van der Waals surface area contributed by atoms with Crippen molar-refractivity contribution in [2.75, 3.05) is 7.05 Å². The Morgan fingerprint density at radius 2 is 1.82 bits per heavy atom. The molecule has 1 fully saturated rings. The number of hydrogen-bond acceptors (Lipinski definition) is 3. The van der Waals surface area contributed by atoms with Crippen LogP contribution in [0.5, 0.6) is 0 Å². The van der Waals surface area contributed by atoms with Crippen molar-refractivity contribution in [3.63, 3.8) is 0 Å². The van der Waals surface area contributed by atoms with Crippen molar-refractivity contribution in [2.45, 2.75) is 49.5 Å². The fourth-order valence-corrected chi connectivity index (χ4v) is 3.83. The van der Waals surface area contributed by atoms with Gasteiger partial charge in [-0.05, 0) is 54.0 Å². The Morgan fingerprint density at radius 1 is 1.18 bits per heavy atom. The summed E-state index contributed by atoms with van der Waals surface area (Å²) in [5.74, 6) is -0.230. The van der Waals surface area contributed by atoms with Crippen LogP contribution in [0, 0.1) is 0 Å². The first-order chi connectivity index (χ1) is 10.4. The summed E-state index contributed by atoms with van der Waals surface area (Å²) in [5.41, 5.74) is 0.348. The van der Waals surface area contributed by atoms with Gasteiger partial charge in [-0.15, -0.1) is 0 Å². The lowest BCUT2D eigenvalue weighted by Crippen LogP contribution is -2.34. The first kappa shape index (κ1) is 17.4. The topological polar surface area (TPSA) is 75.3 Å². The van der Waals surface area contributed by atoms with Gasteiger partial charge < -0.3 is 5.32 Å². The van der Waals surface area contributed by atoms with Gasteiger partial charge in [0, 0.05) is 10.5 Å². The van der Waals surface area contributed by atoms with E-state index in [2.05, 4.69) is 26.0 Å². The predicted molar refractivity (Wildman–Crippen MR) is 89.3 cm³/mol. The lowest BCUT2D eigenvalue weighted by molar-refractivity contribution is 0.0932. The summed E-state index contributed by atoms with van der Waals surface area (Å²) in [6, 6.07) is 4.64. The third-order valence-electron chi connectivity index (χ3n) is 3.95. The highest BCUT2D eigenvalue weighted by Crippen LogP contribution is 2.22. The molecule has 22 heavy (non-hydrogen) atoms. The second kappa shape index (κ2) is 7.57. The van der Waals surface area contributed by atoms with Gasteiger partial charge in [0.05, 0.1) is 10.5 Å². The van der Waals surface area contributed by atoms with Gasteiger partial charge in [-0.3, -0.25) is 4.79 Å². The fourth-order valence-electron chi connectivity index (χ4n) is 2.65. The number of nitrogens with one attached hydrogen (secondary N) is 2. The molecule has 1 saturated carbocycles. The molecular weight excluding hydrogens is 368 g/mol. The molecular formula is C15H21BrN2O3S. The number of benzene rings is 1. The molecule has 0 heterocycles. The Bertz CT molecular complexity index is 638. The SMILES string of the molecule is CNS(=O)(=O)c1ccc(Br)c(C(=O)NC2CCCCCC2)c1. The molecule has 0 unspecified atom stereocenters. The zero-order valence-electron chi connectivity index (χ0n) is 12.6. The molecule has 1 aromatic rings. The summed E-state index contributed by atoms with van der Waals surface area (Å²) in [5, 5.41) is 3.03. The third kappa shape index (κ3) is 4.30. The maximum absolute atomic E-state index is 12.5. The van der Waals surface area contributed by atoms with E-state index in [9.17, 15) is 13.2 Å². The number of sulfonamides is 1. The van der Waals surface area contributed by atoms with E-state index in [1.807, 2.05) is 0 Å². The van der Waals surface area contributed by atoms with Crippen molar-refractivity contribution in [3.8, 4) is 0 Å². The zero-order valence-corrected chi connectivity index (χ0v) is 15.0. The molecule has 0 saturated heterocycles. The molecule has 0 bridgehead atoms. The lowest BCUT2D eigenvalue weighted by atomic mass is 10.1. The van der Waals surface area contributed by atoms with E-state index in [0.717, 1.165) is 25.7 Å². The molecule has 2 N–H and O–H groups in total. The molecule has 5 nitrogen and oxygen atoms in total. The fraction of sp³-hybridized carbons (Fsp3) is 0.533. The van der Waals surface area contributed by atoms with E-state index in [1.54, 1.807) is 6.07 Å². The number of hydrogen-bond donors (Lipinski definition) is 2. The molecule has 1 aliphatic carbocycles. The Balaban J connectivity index is 2.19. The maximum Gasteiger partial charge on any atom is 0.252 e. The largest absolute Gasteiger partial charge is 0.349 e. The molecule has 1 aliphatic rings. The highest BCUT2D eigenvalue weighted by atomic mass is 79.9. The maximum atomic E-state index is 12.5. The van der Waals surface area contributed by atoms with Gasteiger partial charge in [0.1, 0.15) is 0 Å². The van der Waals surface area contributed by atoms with Crippen LogP contribution in [0.3, 0.4) is 0 Å². The Kier molecular flexibility index (Phi) is 6.00. The van der Waals surface area contributed by atoms with Crippen LogP contribution in [-0.4, -0.2) is 27.4 Å². The summed E-state index contributed by atoms with van der Waals surface area (Å²) >= 11 is 3.32. The molecule has 1 amide bonds. The van der Waals surface area contributed by atoms with Crippen LogP contribution in [-0.2, 0) is 10.0 Å². The van der Waals surface area contributed by atoms with Gasteiger partial charge in [-0.1, -0.05) is 25.7 Å². The molecule has 2 rings (SSSR count). The highest BCUT2D eigenvalue weighted by Gasteiger charge is 2.20. The van der Waals surface area contributed by atoms with Crippen LogP contribution in [0.2, 0.25) is 0 Å². The molecule has 0 aliphatic heterocycles. The minimum atomic E-state index is -3.56. The van der Waals surface area contributed by atoms with Gasteiger partial charge in [0.25, 0.3) is 5.91 Å². The van der Waals surface area contributed by atoms with Crippen molar-refractivity contribution in [3.05, 3.63) is 28.2 Å². The number of carbonyl (C=O) groups is 1. The van der Waals surface area contributed by atoms with Crippen molar-refractivity contribution in [1.82, 2.24) is 10.0 Å². The lowest BCUT2D eigenvalue weighted by Gasteiger charge is -2.17. The summed E-state index contributed by atoms with van der Waals surface area (Å²) in [7, 11) is -2.21. The smallest absolute Gasteiger partial charge is 0.252 e. The zero-order chi connectivity index (χ0) is 16.2. The first-order valence-corrected chi connectivity index (χ1v) is 9.75. The predicted octanol–water partition coefficient (Wildman–Crippen LogP) is 2.81. The average Bonchev–Trinajstić information content (AvgIpc) is 2.76. The van der Waals surface area contributed by atoms with E-state index in [1.165, 1.54) is 32.0 Å². The standard InChI is InChI=1S/C15H21BrN2O3S/c1-17-22(20,21)12-8-9-14(16)13(10-12)15(19)18-11-6-4-2-3-5-7-11/h8-11,17H,2-7H2,1H3,(H,18,19). The number of rotatable bonds is 4. The molecule has 0 atom stereocenters. The molecule has 0 radical (unpaired) electrons. The van der Waals surface area contributed by atoms with Crippen molar-refractivity contribution in [2.24, 2.45) is 0 Å². The van der Waals surface area contributed by atoms with Crippen LogP contribution in [0.4, 0.5) is 0 Å². The summed E-state index contributed by atoms with van der Waals surface area (Å²) in [6.45, 7) is 0. The summed E-state index contributed by atoms with van der Waals surface area (Å²) < 4.78 is 26.6. The van der Waals surface area contributed by atoms with Crippen LogP contribution < -0.4 is 10.0 Å². The number of carbonyl (C=O) groups excluding carboxylic acids is 1. The summed E-state index contributed by atoms with van der Waals surface area (Å²) in [6.07, 6.45) is 6.65. The van der Waals surface area contributed by atoms with Gasteiger partial charge in [0.15, 0.2) is 0 Å². The van der Waals surface area contributed by atoms with Gasteiger partial charge in [0.2, 0.25) is 10.0 Å². The number of amides is 1. The molecule has 1 aromatic carbocycles. The molecule has 0 spiro atoms. The second-order valence-corrected chi connectivity index (χ2v) is 8.25. The minimum Gasteiger partial charge on any atom is -0.349 e. The van der Waals surface area contributed by atoms with Gasteiger partial charge in [-0.25, -0.2) is 13.1 Å². The van der Waals surface area contributed by atoms with Crippen molar-refractivity contribution < 1.29 is 13.2 Å². The van der Waals surface area contributed by atoms with Crippen LogP contribution >= 0.6 is 15.9 Å². The monoisotopic (exact) mass is 388 g/mol. The molecule has 7 heteroatoms. The molecule has 122 valence electrons. The Morgan fingerprint density at radius 3 is 2.41 bits per heavy atom. The van der Waals surface area contributed by atoms with Gasteiger partial charge >= 0.3 is 0 Å². The molecule has 0 aromatic heterocycles. The summed E-state index contributed by atoms with van der Waals surface area (Å²) in [4.78, 5) is 12.5. The van der Waals surface area contributed by atoms with E-state index >= 15 is 0 Å². The normalized spacial score (nSPS) is 17.0. The van der Waals surface area contributed by atoms with Crippen LogP contribution in [0.1, 0.15) is 48.9 Å². The second-order valence-electron chi connectivity index (χ2n) is 5.51. The van der Waals surface area contributed by atoms with E-state index in [4.69, 9.17) is 0 Å². The minimum absolute atomic E-state index is 0.0872. The quantitative estimate of drug-likeness (QED) is 0.778. The first-order valence-electron chi connectivity index (χ1n) is 7.48. The highest BCUT2D eigenvalue weighted by molar-refractivity contribution is 9.10. The van der Waals surface area contributed by atoms with Crippen LogP contribution in [0.25, 0.3) is 0 Å². The van der Waals surface area contributed by atoms with Gasteiger partial charge in [-0.2, -0.15) is 0 Å². The van der Waals surface area contributed by atoms with E-state index < -0.39 is 10.0 Å².